The molecule has 1 N–H and O–H groups in total. The van der Waals surface area contributed by atoms with Gasteiger partial charge in [-0.15, -0.1) is 0 Å². The number of amides is 1. The topological polar surface area (TPSA) is 73.3 Å². The Bertz CT molecular complexity index is 1360. The van der Waals surface area contributed by atoms with Gasteiger partial charge in [0, 0.05) is 30.1 Å². The average molecular weight is 518 g/mol. The van der Waals surface area contributed by atoms with Crippen LogP contribution in [0.3, 0.4) is 0 Å². The molecule has 0 saturated heterocycles. The summed E-state index contributed by atoms with van der Waals surface area (Å²) in [5.41, 5.74) is 0.618. The number of nitrogens with zero attached hydrogens (tertiary/aromatic N) is 2. The van der Waals surface area contributed by atoms with Crippen LogP contribution in [0, 0.1) is 5.82 Å². The van der Waals surface area contributed by atoms with Crippen LogP contribution in [0.5, 0.6) is 16.7 Å². The number of rotatable bonds is 8. The van der Waals surface area contributed by atoms with Gasteiger partial charge >= 0.3 is 6.18 Å². The number of hydrogen-bond acceptors (Lipinski definition) is 6. The highest BCUT2D eigenvalue weighted by Crippen LogP contribution is 2.33. The molecule has 4 aromatic rings. The Labute approximate surface area is 207 Å². The Hall–Kier alpha value is -3.99. The number of nitrogens with one attached hydrogen (secondary N) is 1. The van der Waals surface area contributed by atoms with Gasteiger partial charge in [-0.2, -0.15) is 22.5 Å². The highest BCUT2D eigenvalue weighted by molar-refractivity contribution is 7.07. The molecule has 0 saturated carbocycles. The van der Waals surface area contributed by atoms with Gasteiger partial charge in [-0.1, -0.05) is 24.3 Å². The van der Waals surface area contributed by atoms with E-state index in [-0.39, 0.29) is 28.9 Å². The first kappa shape index (κ1) is 25.1. The molecule has 4 rings (SSSR count). The maximum atomic E-state index is 13.1. The Balaban J connectivity index is 1.40. The van der Waals surface area contributed by atoms with E-state index < -0.39 is 17.6 Å². The third-order valence-corrected chi connectivity index (χ3v) is 5.69. The normalized spacial score (nSPS) is 11.2. The van der Waals surface area contributed by atoms with E-state index in [4.69, 9.17) is 9.47 Å². The third kappa shape index (κ3) is 6.36. The van der Waals surface area contributed by atoms with Gasteiger partial charge < -0.3 is 14.8 Å². The summed E-state index contributed by atoms with van der Waals surface area (Å²) in [6.45, 7) is -0.0784. The van der Waals surface area contributed by atoms with Crippen molar-refractivity contribution in [1.29, 1.82) is 0 Å². The van der Waals surface area contributed by atoms with E-state index in [9.17, 15) is 22.4 Å². The molecular weight excluding hydrogens is 498 g/mol. The molecule has 36 heavy (non-hydrogen) atoms. The minimum atomic E-state index is -4.46. The second kappa shape index (κ2) is 10.7. The Morgan fingerprint density at radius 1 is 1.00 bits per heavy atom. The van der Waals surface area contributed by atoms with E-state index in [2.05, 4.69) is 14.7 Å². The molecule has 1 aromatic heterocycles. The first-order chi connectivity index (χ1) is 17.2. The third-order valence-electron chi connectivity index (χ3n) is 5.06. The zero-order valence-corrected chi connectivity index (χ0v) is 19.6. The van der Waals surface area contributed by atoms with Crippen LogP contribution in [0.2, 0.25) is 0 Å². The molecule has 0 aliphatic carbocycles. The summed E-state index contributed by atoms with van der Waals surface area (Å²) in [5, 5.41) is 2.85. The fourth-order valence-corrected chi connectivity index (χ4v) is 3.83. The lowest BCUT2D eigenvalue weighted by molar-refractivity contribution is -0.137. The van der Waals surface area contributed by atoms with Crippen molar-refractivity contribution in [3.05, 3.63) is 101 Å². The molecule has 0 atom stereocenters. The zero-order chi connectivity index (χ0) is 25.7. The lowest BCUT2D eigenvalue weighted by Crippen LogP contribution is -2.23. The minimum absolute atomic E-state index is 0.0784. The number of aromatic nitrogens is 2. The van der Waals surface area contributed by atoms with Gasteiger partial charge in [0.25, 0.3) is 11.1 Å². The van der Waals surface area contributed by atoms with E-state index in [0.29, 0.717) is 23.6 Å². The molecule has 1 amide bonds. The fraction of sp³-hybridized carbons (Fsp3) is 0.160. The highest BCUT2D eigenvalue weighted by atomic mass is 32.1. The lowest BCUT2D eigenvalue weighted by atomic mass is 10.1. The molecule has 0 radical (unpaired) electrons. The zero-order valence-electron chi connectivity index (χ0n) is 18.8. The molecule has 1 heterocycles. The minimum Gasteiger partial charge on any atom is -0.493 e. The van der Waals surface area contributed by atoms with Crippen molar-refractivity contribution in [1.82, 2.24) is 14.7 Å². The van der Waals surface area contributed by atoms with Crippen LogP contribution in [0.15, 0.2) is 66.7 Å². The first-order valence-electron chi connectivity index (χ1n) is 10.6. The largest absolute Gasteiger partial charge is 0.493 e. The SMILES string of the molecule is COc1cc(C(=O)NCc2cccc(C(F)(F)F)c2)ccc1Oc1nc(Cc2ccc(F)cc2)ns1. The maximum Gasteiger partial charge on any atom is 0.416 e. The molecule has 0 aliphatic rings. The van der Waals surface area contributed by atoms with Crippen LogP contribution in [-0.2, 0) is 19.1 Å². The molecule has 11 heteroatoms. The summed E-state index contributed by atoms with van der Waals surface area (Å²) in [6.07, 6.45) is -4.06. The summed E-state index contributed by atoms with van der Waals surface area (Å²) < 4.78 is 67.1. The molecule has 0 unspecified atom stereocenters. The summed E-state index contributed by atoms with van der Waals surface area (Å²) in [4.78, 5) is 16.9. The van der Waals surface area contributed by atoms with Crippen LogP contribution in [-0.4, -0.2) is 22.4 Å². The molecule has 0 aliphatic heterocycles. The predicted molar refractivity (Wildman–Crippen MR) is 125 cm³/mol. The van der Waals surface area contributed by atoms with Crippen LogP contribution in [0.4, 0.5) is 17.6 Å². The van der Waals surface area contributed by atoms with E-state index in [1.807, 2.05) is 0 Å². The molecule has 0 bridgehead atoms. The van der Waals surface area contributed by atoms with Crippen LogP contribution in [0.1, 0.15) is 32.9 Å². The number of halogens is 4. The van der Waals surface area contributed by atoms with Crippen LogP contribution in [0.25, 0.3) is 0 Å². The van der Waals surface area contributed by atoms with Crippen molar-refractivity contribution < 1.29 is 31.8 Å². The van der Waals surface area contributed by atoms with Crippen molar-refractivity contribution in [3.63, 3.8) is 0 Å². The number of benzene rings is 3. The lowest BCUT2D eigenvalue weighted by Gasteiger charge is -2.11. The van der Waals surface area contributed by atoms with Crippen molar-refractivity contribution in [2.75, 3.05) is 7.11 Å². The molecule has 3 aromatic carbocycles. The summed E-state index contributed by atoms with van der Waals surface area (Å²) >= 11 is 1.03. The molecule has 6 nitrogen and oxygen atoms in total. The van der Waals surface area contributed by atoms with E-state index in [1.165, 1.54) is 49.6 Å². The van der Waals surface area contributed by atoms with Gasteiger partial charge in [0.1, 0.15) is 5.82 Å². The Morgan fingerprint density at radius 2 is 1.78 bits per heavy atom. The molecule has 0 fully saturated rings. The van der Waals surface area contributed by atoms with Gasteiger partial charge in [-0.3, -0.25) is 4.79 Å². The van der Waals surface area contributed by atoms with Crippen molar-refractivity contribution in [2.24, 2.45) is 0 Å². The molecule has 186 valence electrons. The van der Waals surface area contributed by atoms with Crippen molar-refractivity contribution >= 4 is 17.4 Å². The van der Waals surface area contributed by atoms with Crippen molar-refractivity contribution in [3.8, 4) is 16.7 Å². The van der Waals surface area contributed by atoms with E-state index >= 15 is 0 Å². The number of hydrogen-bond donors (Lipinski definition) is 1. The Kier molecular flexibility index (Phi) is 7.49. The van der Waals surface area contributed by atoms with E-state index in [1.54, 1.807) is 12.1 Å². The highest BCUT2D eigenvalue weighted by Gasteiger charge is 2.30. The van der Waals surface area contributed by atoms with Crippen LogP contribution < -0.4 is 14.8 Å². The smallest absolute Gasteiger partial charge is 0.416 e. The average Bonchev–Trinajstić information content (AvgIpc) is 3.30. The number of carbonyl (C=O) groups is 1. The second-order valence-electron chi connectivity index (χ2n) is 7.63. The number of alkyl halides is 3. The van der Waals surface area contributed by atoms with Gasteiger partial charge in [-0.05, 0) is 53.6 Å². The van der Waals surface area contributed by atoms with Gasteiger partial charge in [-0.25, -0.2) is 4.39 Å². The van der Waals surface area contributed by atoms with E-state index in [0.717, 1.165) is 29.2 Å². The van der Waals surface area contributed by atoms with Crippen molar-refractivity contribution in [2.45, 2.75) is 19.1 Å². The number of methoxy groups -OCH3 is 1. The monoisotopic (exact) mass is 517 g/mol. The Morgan fingerprint density at radius 3 is 2.50 bits per heavy atom. The van der Waals surface area contributed by atoms with Crippen LogP contribution >= 0.6 is 11.5 Å². The fourth-order valence-electron chi connectivity index (χ4n) is 3.27. The number of carbonyl (C=O) groups excluding carboxylic acids is 1. The summed E-state index contributed by atoms with van der Waals surface area (Å²) in [5.74, 6) is 0.253. The summed E-state index contributed by atoms with van der Waals surface area (Å²) in [6, 6.07) is 15.3. The molecular formula is C25H19F4N3O3S. The summed E-state index contributed by atoms with van der Waals surface area (Å²) in [7, 11) is 1.41. The second-order valence-corrected chi connectivity index (χ2v) is 8.34. The van der Waals surface area contributed by atoms with Gasteiger partial charge in [0.05, 0.1) is 12.7 Å². The first-order valence-corrected chi connectivity index (χ1v) is 11.4. The standard InChI is InChI=1S/C25H19F4N3O3S/c1-34-21-13-17(23(33)30-14-16-3-2-4-18(11-16)25(27,28)29)7-10-20(21)35-24-31-22(32-36-24)12-15-5-8-19(26)9-6-15/h2-11,13H,12,14H2,1H3,(H,30,33). The van der Waals surface area contributed by atoms with Gasteiger partial charge in [0.15, 0.2) is 17.3 Å². The maximum absolute atomic E-state index is 13.1. The molecule has 0 spiro atoms. The number of ether oxygens (including phenoxy) is 2. The quantitative estimate of drug-likeness (QED) is 0.290. The van der Waals surface area contributed by atoms with Gasteiger partial charge in [0.2, 0.25) is 0 Å². The predicted octanol–water partition coefficient (Wildman–Crippen LogP) is 6.02.